The first-order valence-corrected chi connectivity index (χ1v) is 5.78. The highest BCUT2D eigenvalue weighted by molar-refractivity contribution is 6.30. The number of aryl methyl sites for hydroxylation is 1. The molecule has 90 valence electrons. The third-order valence-corrected chi connectivity index (χ3v) is 2.48. The van der Waals surface area contributed by atoms with Gasteiger partial charge in [-0.1, -0.05) is 11.6 Å². The number of nitrogen functional groups attached to an aromatic ring is 1. The normalized spacial score (nSPS) is 10.4. The topological polar surface area (TPSA) is 53.1 Å². The largest absolute Gasteiger partial charge is 0.494 e. The molecule has 0 radical (unpaired) electrons. The summed E-state index contributed by atoms with van der Waals surface area (Å²) >= 11 is 5.76. The molecule has 2 N–H and O–H groups in total. The number of anilines is 1. The molecule has 2 rings (SSSR count). The van der Waals surface area contributed by atoms with Crippen LogP contribution in [-0.4, -0.2) is 16.4 Å². The zero-order valence-corrected chi connectivity index (χ0v) is 10.1. The summed E-state index contributed by atoms with van der Waals surface area (Å²) in [6.45, 7) is 1.43. The van der Waals surface area contributed by atoms with Gasteiger partial charge in [0.1, 0.15) is 5.75 Å². The number of aromatic nitrogens is 2. The molecule has 0 unspecified atom stereocenters. The van der Waals surface area contributed by atoms with E-state index in [1.807, 2.05) is 24.3 Å². The summed E-state index contributed by atoms with van der Waals surface area (Å²) < 4.78 is 7.36. The van der Waals surface area contributed by atoms with Gasteiger partial charge in [-0.3, -0.25) is 4.68 Å². The van der Waals surface area contributed by atoms with E-state index in [9.17, 15) is 0 Å². The van der Waals surface area contributed by atoms with E-state index in [1.54, 1.807) is 17.1 Å². The first kappa shape index (κ1) is 11.8. The molecule has 5 heteroatoms. The Hall–Kier alpha value is -1.68. The highest BCUT2D eigenvalue weighted by Crippen LogP contribution is 2.13. The van der Waals surface area contributed by atoms with Gasteiger partial charge >= 0.3 is 0 Å². The smallest absolute Gasteiger partial charge is 0.119 e. The maximum Gasteiger partial charge on any atom is 0.119 e. The van der Waals surface area contributed by atoms with E-state index >= 15 is 0 Å². The molecule has 0 aliphatic carbocycles. The lowest BCUT2D eigenvalue weighted by molar-refractivity contribution is 0.298. The Balaban J connectivity index is 1.71. The fourth-order valence-electron chi connectivity index (χ4n) is 1.44. The number of rotatable bonds is 5. The molecule has 1 aromatic heterocycles. The van der Waals surface area contributed by atoms with E-state index in [1.165, 1.54) is 0 Å². The third kappa shape index (κ3) is 3.67. The summed E-state index contributed by atoms with van der Waals surface area (Å²) in [5.41, 5.74) is 6.32. The Bertz CT molecular complexity index is 467. The molecule has 0 saturated carbocycles. The number of ether oxygens (including phenoxy) is 1. The maximum atomic E-state index is 5.76. The first-order chi connectivity index (χ1) is 8.24. The van der Waals surface area contributed by atoms with Crippen LogP contribution >= 0.6 is 11.6 Å². The van der Waals surface area contributed by atoms with Gasteiger partial charge in [-0.05, 0) is 24.3 Å². The minimum atomic E-state index is 0.640. The first-order valence-electron chi connectivity index (χ1n) is 5.40. The minimum Gasteiger partial charge on any atom is -0.494 e. The van der Waals surface area contributed by atoms with Crippen LogP contribution < -0.4 is 10.5 Å². The van der Waals surface area contributed by atoms with Gasteiger partial charge in [0.15, 0.2) is 0 Å². The van der Waals surface area contributed by atoms with E-state index in [0.29, 0.717) is 11.6 Å². The van der Waals surface area contributed by atoms with Crippen molar-refractivity contribution in [1.29, 1.82) is 0 Å². The fourth-order valence-corrected chi connectivity index (χ4v) is 1.60. The second-order valence-corrected chi connectivity index (χ2v) is 4.13. The summed E-state index contributed by atoms with van der Waals surface area (Å²) in [4.78, 5) is 0. The van der Waals surface area contributed by atoms with Gasteiger partial charge in [0, 0.05) is 24.8 Å². The number of nitrogens with zero attached hydrogens (tertiary/aromatic N) is 2. The Kier molecular flexibility index (Phi) is 3.88. The molecule has 0 aliphatic rings. The van der Waals surface area contributed by atoms with E-state index in [-0.39, 0.29) is 0 Å². The van der Waals surface area contributed by atoms with Crippen molar-refractivity contribution in [2.45, 2.75) is 13.0 Å². The van der Waals surface area contributed by atoms with Crippen molar-refractivity contribution in [1.82, 2.24) is 9.78 Å². The molecule has 0 saturated heterocycles. The van der Waals surface area contributed by atoms with Crippen molar-refractivity contribution in [2.24, 2.45) is 0 Å². The van der Waals surface area contributed by atoms with Crippen molar-refractivity contribution in [3.05, 3.63) is 41.7 Å². The molecule has 0 atom stereocenters. The maximum absolute atomic E-state index is 5.76. The standard InChI is InChI=1S/C12H14ClN3O/c13-10-8-15-16(9-10)6-1-7-17-12-4-2-11(14)3-5-12/h2-5,8-9H,1,6-7,14H2. The highest BCUT2D eigenvalue weighted by atomic mass is 35.5. The van der Waals surface area contributed by atoms with Crippen molar-refractivity contribution < 1.29 is 4.74 Å². The van der Waals surface area contributed by atoms with Crippen LogP contribution in [0.1, 0.15) is 6.42 Å². The number of nitrogens with two attached hydrogens (primary N) is 1. The molecule has 0 fully saturated rings. The van der Waals surface area contributed by atoms with Crippen molar-refractivity contribution >= 4 is 17.3 Å². The van der Waals surface area contributed by atoms with Crippen LogP contribution in [0.15, 0.2) is 36.7 Å². The second-order valence-electron chi connectivity index (χ2n) is 3.69. The summed E-state index contributed by atoms with van der Waals surface area (Å²) in [7, 11) is 0. The zero-order valence-electron chi connectivity index (χ0n) is 9.34. The lowest BCUT2D eigenvalue weighted by atomic mass is 10.3. The summed E-state index contributed by atoms with van der Waals surface area (Å²) in [5.74, 6) is 0.831. The molecule has 1 aromatic carbocycles. The van der Waals surface area contributed by atoms with Gasteiger partial charge in [0.2, 0.25) is 0 Å². The van der Waals surface area contributed by atoms with Crippen molar-refractivity contribution in [3.63, 3.8) is 0 Å². The molecule has 0 amide bonds. The molecule has 4 nitrogen and oxygen atoms in total. The lowest BCUT2D eigenvalue weighted by Crippen LogP contribution is -2.04. The second kappa shape index (κ2) is 5.59. The molecule has 0 spiro atoms. The van der Waals surface area contributed by atoms with Gasteiger partial charge in [-0.25, -0.2) is 0 Å². The number of hydrogen-bond donors (Lipinski definition) is 1. The van der Waals surface area contributed by atoms with Gasteiger partial charge in [-0.15, -0.1) is 0 Å². The average molecular weight is 252 g/mol. The van der Waals surface area contributed by atoms with Crippen LogP contribution in [-0.2, 0) is 6.54 Å². The van der Waals surface area contributed by atoms with E-state index < -0.39 is 0 Å². The number of halogens is 1. The average Bonchev–Trinajstić information content (AvgIpc) is 2.73. The quantitative estimate of drug-likeness (QED) is 0.656. The third-order valence-electron chi connectivity index (χ3n) is 2.28. The van der Waals surface area contributed by atoms with Crippen LogP contribution in [0.2, 0.25) is 5.02 Å². The van der Waals surface area contributed by atoms with Crippen LogP contribution in [0, 0.1) is 0 Å². The SMILES string of the molecule is Nc1ccc(OCCCn2cc(Cl)cn2)cc1. The predicted molar refractivity (Wildman–Crippen MR) is 68.2 cm³/mol. The van der Waals surface area contributed by atoms with Gasteiger partial charge in [-0.2, -0.15) is 5.10 Å². The Morgan fingerprint density at radius 3 is 2.71 bits per heavy atom. The molecular formula is C12H14ClN3O. The molecule has 1 heterocycles. The summed E-state index contributed by atoms with van der Waals surface area (Å²) in [6.07, 6.45) is 4.30. The predicted octanol–water partition coefficient (Wildman–Crippen LogP) is 2.59. The molecule has 0 aliphatic heterocycles. The van der Waals surface area contributed by atoms with E-state index in [0.717, 1.165) is 24.4 Å². The Labute approximate surface area is 105 Å². The highest BCUT2D eigenvalue weighted by Gasteiger charge is 1.96. The van der Waals surface area contributed by atoms with Gasteiger partial charge in [0.25, 0.3) is 0 Å². The van der Waals surface area contributed by atoms with E-state index in [4.69, 9.17) is 22.1 Å². The summed E-state index contributed by atoms with van der Waals surface area (Å²) in [5, 5.41) is 4.74. The Morgan fingerprint density at radius 1 is 1.29 bits per heavy atom. The van der Waals surface area contributed by atoms with Gasteiger partial charge < -0.3 is 10.5 Å². The molecule has 17 heavy (non-hydrogen) atoms. The van der Waals surface area contributed by atoms with Gasteiger partial charge in [0.05, 0.1) is 17.8 Å². The fraction of sp³-hybridized carbons (Fsp3) is 0.250. The molecular weight excluding hydrogens is 238 g/mol. The summed E-state index contributed by atoms with van der Waals surface area (Å²) in [6, 6.07) is 7.37. The number of hydrogen-bond acceptors (Lipinski definition) is 3. The minimum absolute atomic E-state index is 0.640. The van der Waals surface area contributed by atoms with Crippen LogP contribution in [0.4, 0.5) is 5.69 Å². The van der Waals surface area contributed by atoms with Crippen molar-refractivity contribution in [2.75, 3.05) is 12.3 Å². The van der Waals surface area contributed by atoms with Crippen LogP contribution in [0.3, 0.4) is 0 Å². The molecule has 0 bridgehead atoms. The van der Waals surface area contributed by atoms with Crippen LogP contribution in [0.5, 0.6) is 5.75 Å². The number of benzene rings is 1. The van der Waals surface area contributed by atoms with Crippen LogP contribution in [0.25, 0.3) is 0 Å². The molecule has 2 aromatic rings. The monoisotopic (exact) mass is 251 g/mol. The van der Waals surface area contributed by atoms with E-state index in [2.05, 4.69) is 5.10 Å². The Morgan fingerprint density at radius 2 is 2.06 bits per heavy atom. The van der Waals surface area contributed by atoms with Crippen molar-refractivity contribution in [3.8, 4) is 5.75 Å². The zero-order chi connectivity index (χ0) is 12.1. The lowest BCUT2D eigenvalue weighted by Gasteiger charge is -2.06.